The van der Waals surface area contributed by atoms with Gasteiger partial charge in [0.05, 0.1) is 25.4 Å². The summed E-state index contributed by atoms with van der Waals surface area (Å²) in [6.07, 6.45) is 89.8. The number of amides is 1. The van der Waals surface area contributed by atoms with Crippen molar-refractivity contribution in [1.82, 2.24) is 5.32 Å². The van der Waals surface area contributed by atoms with Gasteiger partial charge in [-0.25, -0.2) is 0 Å². The standard InChI is InChI=1S/C76H129NO8/c1-3-5-7-9-11-13-15-17-19-21-23-25-27-29-31-33-34-35-36-38-40-42-44-46-48-50-52-54-56-58-60-62-64-66-72(80)77-69(68-84-76-75(83)74(82)73(81)71(67-78)85-76)70(79)65-63-61-59-57-55-53-51-49-47-45-43-41-39-37-32-30-28-26-24-22-20-18-16-14-12-10-8-6-4-2/h5,7,11,13,17,19,23,25,29,31,34-35,38,40,44,46,50,52,56,58,63,65,69-71,73-76,78-79,81-83H,3-4,6,8-10,12,14-16,18,20-22,24,26-28,30,32-33,36-37,39,41-43,45,47-49,51,53-55,57,59-62,64,66-68H2,1-2H3,(H,77,80)/b7-5-,13-11-,19-17-,25-23-,31-29-,35-34-,40-38-,46-44-,52-50-,58-56-,65-63+. The average molecular weight is 1180 g/mol. The number of allylic oxidation sites excluding steroid dienone is 21. The van der Waals surface area contributed by atoms with Crippen LogP contribution in [-0.2, 0) is 14.3 Å². The number of carbonyl (C=O) groups is 1. The summed E-state index contributed by atoms with van der Waals surface area (Å²) < 4.78 is 11.3. The first-order chi connectivity index (χ1) is 41.8. The zero-order chi connectivity index (χ0) is 61.4. The van der Waals surface area contributed by atoms with Crippen LogP contribution in [0.3, 0.4) is 0 Å². The summed E-state index contributed by atoms with van der Waals surface area (Å²) >= 11 is 0. The van der Waals surface area contributed by atoms with E-state index in [1.54, 1.807) is 6.08 Å². The van der Waals surface area contributed by atoms with Gasteiger partial charge in [-0.15, -0.1) is 0 Å². The molecule has 9 heteroatoms. The summed E-state index contributed by atoms with van der Waals surface area (Å²) in [6.45, 7) is 3.66. The summed E-state index contributed by atoms with van der Waals surface area (Å²) in [4.78, 5) is 13.1. The quantitative estimate of drug-likeness (QED) is 0.0261. The van der Waals surface area contributed by atoms with E-state index in [9.17, 15) is 30.3 Å². The van der Waals surface area contributed by atoms with E-state index in [1.165, 1.54) is 161 Å². The Morgan fingerprint density at radius 2 is 0.729 bits per heavy atom. The zero-order valence-electron chi connectivity index (χ0n) is 54.3. The molecule has 0 aromatic carbocycles. The fraction of sp³-hybridized carbons (Fsp3) is 0.697. The van der Waals surface area contributed by atoms with Gasteiger partial charge in [0.25, 0.3) is 0 Å². The van der Waals surface area contributed by atoms with E-state index < -0.39 is 49.5 Å². The van der Waals surface area contributed by atoms with Crippen LogP contribution >= 0.6 is 0 Å². The Morgan fingerprint density at radius 1 is 0.412 bits per heavy atom. The van der Waals surface area contributed by atoms with Crippen molar-refractivity contribution in [3.05, 3.63) is 134 Å². The smallest absolute Gasteiger partial charge is 0.220 e. The topological polar surface area (TPSA) is 149 Å². The second kappa shape index (κ2) is 63.4. The maximum Gasteiger partial charge on any atom is 0.220 e. The van der Waals surface area contributed by atoms with Gasteiger partial charge in [0.15, 0.2) is 6.29 Å². The van der Waals surface area contributed by atoms with E-state index in [1.807, 2.05) is 6.08 Å². The lowest BCUT2D eigenvalue weighted by molar-refractivity contribution is -0.302. The Labute approximate surface area is 521 Å². The van der Waals surface area contributed by atoms with Crippen molar-refractivity contribution in [1.29, 1.82) is 0 Å². The molecule has 1 heterocycles. The molecule has 0 radical (unpaired) electrons. The maximum atomic E-state index is 13.1. The molecule has 1 rings (SSSR count). The van der Waals surface area contributed by atoms with Crippen molar-refractivity contribution in [2.45, 2.75) is 326 Å². The highest BCUT2D eigenvalue weighted by molar-refractivity contribution is 5.76. The number of rotatable bonds is 59. The molecule has 0 bridgehead atoms. The summed E-state index contributed by atoms with van der Waals surface area (Å²) in [7, 11) is 0. The van der Waals surface area contributed by atoms with E-state index in [2.05, 4.69) is 141 Å². The van der Waals surface area contributed by atoms with E-state index >= 15 is 0 Å². The van der Waals surface area contributed by atoms with Crippen LogP contribution in [0, 0.1) is 0 Å². The molecule has 0 spiro atoms. The fourth-order valence-corrected chi connectivity index (χ4v) is 10.3. The summed E-state index contributed by atoms with van der Waals surface area (Å²) in [5.41, 5.74) is 0. The SMILES string of the molecule is CC/C=C\C/C=C\C/C=C\C/C=C\C/C=C\C/C=C\C/C=C\C/C=C\C/C=C\C/C=C\CCCCC(=O)NC(COC1OC(CO)C(O)C(O)C1O)C(O)/C=C/CCCCCCCCCCCCCCCCCCCCCCCCCCCCC. The first-order valence-corrected chi connectivity index (χ1v) is 34.9. The Balaban J connectivity index is 2.22. The molecule has 0 saturated carbocycles. The number of hydrogen-bond acceptors (Lipinski definition) is 8. The molecule has 6 N–H and O–H groups in total. The molecule has 0 aromatic rings. The van der Waals surface area contributed by atoms with Crippen LogP contribution in [0.5, 0.6) is 0 Å². The molecule has 0 aliphatic carbocycles. The third-order valence-corrected chi connectivity index (χ3v) is 15.7. The minimum absolute atomic E-state index is 0.214. The largest absolute Gasteiger partial charge is 0.394 e. The van der Waals surface area contributed by atoms with Crippen molar-refractivity contribution < 1.29 is 39.8 Å². The van der Waals surface area contributed by atoms with Crippen LogP contribution in [0.1, 0.15) is 284 Å². The van der Waals surface area contributed by atoms with Gasteiger partial charge in [0.1, 0.15) is 24.4 Å². The number of aliphatic hydroxyl groups is 5. The summed E-state index contributed by atoms with van der Waals surface area (Å²) in [5.74, 6) is -0.222. The van der Waals surface area contributed by atoms with Crippen molar-refractivity contribution in [2.75, 3.05) is 13.2 Å². The van der Waals surface area contributed by atoms with Crippen molar-refractivity contribution >= 4 is 5.91 Å². The highest BCUT2D eigenvalue weighted by Crippen LogP contribution is 2.23. The van der Waals surface area contributed by atoms with Gasteiger partial charge in [0, 0.05) is 6.42 Å². The Hall–Kier alpha value is -3.67. The predicted molar refractivity (Wildman–Crippen MR) is 363 cm³/mol. The number of ether oxygens (including phenoxy) is 2. The Kier molecular flexibility index (Phi) is 59.1. The third-order valence-electron chi connectivity index (χ3n) is 15.7. The van der Waals surface area contributed by atoms with Crippen LogP contribution in [0.2, 0.25) is 0 Å². The van der Waals surface area contributed by atoms with Gasteiger partial charge in [-0.2, -0.15) is 0 Å². The molecular weight excluding hydrogens is 1050 g/mol. The van der Waals surface area contributed by atoms with E-state index in [0.29, 0.717) is 6.42 Å². The lowest BCUT2D eigenvalue weighted by Gasteiger charge is -2.40. The Morgan fingerprint density at radius 3 is 1.08 bits per heavy atom. The van der Waals surface area contributed by atoms with Crippen LogP contribution in [0.15, 0.2) is 134 Å². The van der Waals surface area contributed by atoms with Crippen molar-refractivity contribution in [2.24, 2.45) is 0 Å². The monoisotopic (exact) mass is 1180 g/mol. The number of unbranched alkanes of at least 4 members (excludes halogenated alkanes) is 29. The fourth-order valence-electron chi connectivity index (χ4n) is 10.3. The van der Waals surface area contributed by atoms with Crippen LogP contribution < -0.4 is 5.32 Å². The number of carbonyl (C=O) groups excluding carboxylic acids is 1. The predicted octanol–water partition coefficient (Wildman–Crippen LogP) is 19.2. The third kappa shape index (κ3) is 52.0. The minimum Gasteiger partial charge on any atom is -0.394 e. The lowest BCUT2D eigenvalue weighted by atomic mass is 9.99. The average Bonchev–Trinajstić information content (AvgIpc) is 3.68. The molecule has 9 nitrogen and oxygen atoms in total. The normalized spacial score (nSPS) is 19.0. The van der Waals surface area contributed by atoms with Gasteiger partial charge in [-0.1, -0.05) is 314 Å². The maximum absolute atomic E-state index is 13.1. The molecule has 1 aliphatic heterocycles. The van der Waals surface area contributed by atoms with Gasteiger partial charge >= 0.3 is 0 Å². The number of aliphatic hydroxyl groups excluding tert-OH is 5. The molecular formula is C76H129NO8. The molecule has 1 aliphatic rings. The molecule has 1 saturated heterocycles. The second-order valence-corrected chi connectivity index (χ2v) is 23.6. The van der Waals surface area contributed by atoms with E-state index in [0.717, 1.165) is 96.3 Å². The second-order valence-electron chi connectivity index (χ2n) is 23.6. The zero-order valence-corrected chi connectivity index (χ0v) is 54.3. The molecule has 7 atom stereocenters. The van der Waals surface area contributed by atoms with E-state index in [4.69, 9.17) is 9.47 Å². The van der Waals surface area contributed by atoms with Crippen molar-refractivity contribution in [3.63, 3.8) is 0 Å². The first kappa shape index (κ1) is 79.3. The highest BCUT2D eigenvalue weighted by atomic mass is 16.7. The minimum atomic E-state index is -1.58. The van der Waals surface area contributed by atoms with Gasteiger partial charge in [0.2, 0.25) is 5.91 Å². The van der Waals surface area contributed by atoms with E-state index in [-0.39, 0.29) is 18.9 Å². The van der Waals surface area contributed by atoms with Gasteiger partial charge < -0.3 is 40.3 Å². The van der Waals surface area contributed by atoms with Gasteiger partial charge in [-0.3, -0.25) is 4.79 Å². The van der Waals surface area contributed by atoms with Crippen LogP contribution in [0.25, 0.3) is 0 Å². The highest BCUT2D eigenvalue weighted by Gasteiger charge is 2.44. The summed E-state index contributed by atoms with van der Waals surface area (Å²) in [5, 5.41) is 54.7. The lowest BCUT2D eigenvalue weighted by Crippen LogP contribution is -2.60. The van der Waals surface area contributed by atoms with Gasteiger partial charge in [-0.05, 0) is 96.3 Å². The molecule has 1 fully saturated rings. The Bertz CT molecular complexity index is 1800. The molecule has 486 valence electrons. The number of nitrogens with one attached hydrogen (secondary N) is 1. The molecule has 1 amide bonds. The van der Waals surface area contributed by atoms with Crippen LogP contribution in [0.4, 0.5) is 0 Å². The first-order valence-electron chi connectivity index (χ1n) is 34.9. The van der Waals surface area contributed by atoms with Crippen molar-refractivity contribution in [3.8, 4) is 0 Å². The van der Waals surface area contributed by atoms with Crippen LogP contribution in [-0.4, -0.2) is 87.5 Å². The number of hydrogen-bond donors (Lipinski definition) is 6. The molecule has 0 aromatic heterocycles. The molecule has 85 heavy (non-hydrogen) atoms. The molecule has 7 unspecified atom stereocenters. The summed E-state index contributed by atoms with van der Waals surface area (Å²) in [6, 6.07) is -0.841.